The maximum Gasteiger partial charge on any atom is 0.241 e. The van der Waals surface area contributed by atoms with Gasteiger partial charge in [-0.1, -0.05) is 0 Å². The lowest BCUT2D eigenvalue weighted by molar-refractivity contribution is -0.119. The van der Waals surface area contributed by atoms with Crippen LogP contribution in [0.3, 0.4) is 0 Å². The van der Waals surface area contributed by atoms with Gasteiger partial charge < -0.3 is 14.6 Å². The molecule has 1 N–H and O–H groups in total. The molecule has 1 amide bonds. The Morgan fingerprint density at radius 2 is 1.75 bits per heavy atom. The molecule has 8 heteroatoms. The lowest BCUT2D eigenvalue weighted by Crippen LogP contribution is -2.40. The molecule has 0 unspecified atom stereocenters. The molecule has 0 saturated heterocycles. The predicted octanol–water partition coefficient (Wildman–Crippen LogP) is 1.43. The predicted molar refractivity (Wildman–Crippen MR) is 93.5 cm³/mol. The van der Waals surface area contributed by atoms with Crippen molar-refractivity contribution < 1.29 is 17.6 Å². The number of hydrogen-bond acceptors (Lipinski definition) is 5. The van der Waals surface area contributed by atoms with Gasteiger partial charge in [-0.05, 0) is 36.4 Å². The Morgan fingerprint density at radius 3 is 2.25 bits per heavy atom. The van der Waals surface area contributed by atoms with Crippen LogP contribution in [0.1, 0.15) is 5.76 Å². The summed E-state index contributed by atoms with van der Waals surface area (Å²) in [6, 6.07) is 10.4. The molecule has 1 aromatic heterocycles. The highest BCUT2D eigenvalue weighted by Gasteiger charge is 2.20. The first kappa shape index (κ1) is 17.9. The molecule has 0 bridgehead atoms. The number of anilines is 2. The van der Waals surface area contributed by atoms with Crippen molar-refractivity contribution in [3.63, 3.8) is 0 Å². The zero-order valence-corrected chi connectivity index (χ0v) is 14.7. The number of carbonyl (C=O) groups is 1. The lowest BCUT2D eigenvalue weighted by Gasteiger charge is -2.22. The third-order valence-corrected chi connectivity index (χ3v) is 4.52. The Bertz CT molecular complexity index is 768. The summed E-state index contributed by atoms with van der Waals surface area (Å²) in [5.41, 5.74) is 1.38. The van der Waals surface area contributed by atoms with Crippen molar-refractivity contribution in [1.29, 1.82) is 0 Å². The van der Waals surface area contributed by atoms with Gasteiger partial charge in [0.25, 0.3) is 0 Å². The number of sulfonamides is 1. The van der Waals surface area contributed by atoms with Gasteiger partial charge in [-0.15, -0.1) is 0 Å². The second-order valence-electron chi connectivity index (χ2n) is 5.54. The van der Waals surface area contributed by atoms with Crippen molar-refractivity contribution in [3.8, 4) is 0 Å². The Hall–Kier alpha value is -2.48. The van der Waals surface area contributed by atoms with Crippen LogP contribution >= 0.6 is 0 Å². The molecule has 0 fully saturated rings. The summed E-state index contributed by atoms with van der Waals surface area (Å²) in [4.78, 5) is 14.0. The lowest BCUT2D eigenvalue weighted by atomic mass is 10.2. The van der Waals surface area contributed by atoms with Gasteiger partial charge >= 0.3 is 0 Å². The highest BCUT2D eigenvalue weighted by Crippen LogP contribution is 2.21. The molecule has 0 aliphatic rings. The summed E-state index contributed by atoms with van der Waals surface area (Å²) in [7, 11) is 0.206. The van der Waals surface area contributed by atoms with Gasteiger partial charge in [0.15, 0.2) is 0 Å². The maximum atomic E-state index is 12.1. The normalized spacial score (nSPS) is 11.1. The van der Waals surface area contributed by atoms with Crippen molar-refractivity contribution >= 4 is 27.3 Å². The van der Waals surface area contributed by atoms with Crippen molar-refractivity contribution in [2.75, 3.05) is 36.1 Å². The molecule has 2 rings (SSSR count). The molecular formula is C16H21N3O4S. The van der Waals surface area contributed by atoms with Crippen LogP contribution in [-0.2, 0) is 21.4 Å². The first-order valence-corrected chi connectivity index (χ1v) is 9.16. The van der Waals surface area contributed by atoms with Crippen LogP contribution in [0.5, 0.6) is 0 Å². The molecular weight excluding hydrogens is 330 g/mol. The summed E-state index contributed by atoms with van der Waals surface area (Å²) in [5, 5.41) is 2.64. The fourth-order valence-electron chi connectivity index (χ4n) is 2.10. The summed E-state index contributed by atoms with van der Waals surface area (Å²) >= 11 is 0. The van der Waals surface area contributed by atoms with Crippen molar-refractivity contribution in [1.82, 2.24) is 5.32 Å². The number of hydrogen-bond donors (Lipinski definition) is 1. The molecule has 130 valence electrons. The van der Waals surface area contributed by atoms with E-state index in [1.54, 1.807) is 36.4 Å². The van der Waals surface area contributed by atoms with Gasteiger partial charge in [-0.3, -0.25) is 9.10 Å². The minimum Gasteiger partial charge on any atom is -0.467 e. The van der Waals surface area contributed by atoms with E-state index in [4.69, 9.17) is 4.42 Å². The van der Waals surface area contributed by atoms with Crippen LogP contribution in [0.15, 0.2) is 47.1 Å². The largest absolute Gasteiger partial charge is 0.467 e. The number of nitrogens with one attached hydrogen (secondary N) is 1. The second kappa shape index (κ2) is 7.39. The van der Waals surface area contributed by atoms with E-state index in [9.17, 15) is 13.2 Å². The average molecular weight is 351 g/mol. The quantitative estimate of drug-likeness (QED) is 0.816. The molecule has 0 radical (unpaired) electrons. The zero-order valence-electron chi connectivity index (χ0n) is 13.9. The zero-order chi connectivity index (χ0) is 17.7. The molecule has 0 aliphatic heterocycles. The smallest absolute Gasteiger partial charge is 0.241 e. The molecule has 0 saturated carbocycles. The van der Waals surface area contributed by atoms with Crippen LogP contribution in [0.25, 0.3) is 0 Å². The third-order valence-electron chi connectivity index (χ3n) is 3.38. The standard InChI is InChI=1S/C16H21N3O4S/c1-18(2)13-6-8-14(9-7-13)19(24(3,21)22)12-16(20)17-11-15-5-4-10-23-15/h4-10H,11-12H2,1-3H3,(H,17,20). The molecule has 24 heavy (non-hydrogen) atoms. The monoisotopic (exact) mass is 351 g/mol. The van der Waals surface area contributed by atoms with Crippen LogP contribution in [-0.4, -0.2) is 41.2 Å². The van der Waals surface area contributed by atoms with E-state index in [1.165, 1.54) is 6.26 Å². The van der Waals surface area contributed by atoms with Crippen molar-refractivity contribution in [2.24, 2.45) is 0 Å². The van der Waals surface area contributed by atoms with Crippen LogP contribution < -0.4 is 14.5 Å². The number of carbonyl (C=O) groups excluding carboxylic acids is 1. The Morgan fingerprint density at radius 1 is 1.12 bits per heavy atom. The average Bonchev–Trinajstić information content (AvgIpc) is 3.03. The van der Waals surface area contributed by atoms with E-state index in [1.807, 2.05) is 19.0 Å². The van der Waals surface area contributed by atoms with Gasteiger partial charge in [0.1, 0.15) is 12.3 Å². The van der Waals surface area contributed by atoms with E-state index in [0.29, 0.717) is 11.4 Å². The summed E-state index contributed by atoms with van der Waals surface area (Å²) < 4.78 is 30.3. The van der Waals surface area contributed by atoms with E-state index < -0.39 is 15.9 Å². The van der Waals surface area contributed by atoms with E-state index in [2.05, 4.69) is 5.32 Å². The molecule has 0 aliphatic carbocycles. The molecule has 0 atom stereocenters. The van der Waals surface area contributed by atoms with Gasteiger partial charge in [0, 0.05) is 19.8 Å². The van der Waals surface area contributed by atoms with Crippen LogP contribution in [0.4, 0.5) is 11.4 Å². The van der Waals surface area contributed by atoms with Gasteiger partial charge in [-0.25, -0.2) is 8.42 Å². The Kier molecular flexibility index (Phi) is 5.50. The highest BCUT2D eigenvalue weighted by atomic mass is 32.2. The van der Waals surface area contributed by atoms with Crippen molar-refractivity contribution in [2.45, 2.75) is 6.54 Å². The van der Waals surface area contributed by atoms with Crippen LogP contribution in [0, 0.1) is 0 Å². The second-order valence-corrected chi connectivity index (χ2v) is 7.44. The molecule has 1 heterocycles. The van der Waals surface area contributed by atoms with Crippen LogP contribution in [0.2, 0.25) is 0 Å². The molecule has 0 spiro atoms. The number of benzene rings is 1. The maximum absolute atomic E-state index is 12.1. The fourth-order valence-corrected chi connectivity index (χ4v) is 2.96. The van der Waals surface area contributed by atoms with E-state index in [-0.39, 0.29) is 13.1 Å². The minimum atomic E-state index is -3.58. The number of amides is 1. The Labute approximate surface area is 141 Å². The molecule has 7 nitrogen and oxygen atoms in total. The first-order chi connectivity index (χ1) is 11.3. The van der Waals surface area contributed by atoms with Gasteiger partial charge in [0.05, 0.1) is 24.8 Å². The number of rotatable bonds is 7. The van der Waals surface area contributed by atoms with E-state index >= 15 is 0 Å². The molecule has 2 aromatic rings. The summed E-state index contributed by atoms with van der Waals surface area (Å²) in [6.45, 7) is -0.0795. The topological polar surface area (TPSA) is 82.9 Å². The third kappa shape index (κ3) is 4.76. The fraction of sp³-hybridized carbons (Fsp3) is 0.312. The van der Waals surface area contributed by atoms with Gasteiger partial charge in [0.2, 0.25) is 15.9 Å². The highest BCUT2D eigenvalue weighted by molar-refractivity contribution is 7.92. The van der Waals surface area contributed by atoms with Crippen molar-refractivity contribution in [3.05, 3.63) is 48.4 Å². The molecule has 1 aromatic carbocycles. The van der Waals surface area contributed by atoms with E-state index in [0.717, 1.165) is 16.2 Å². The summed E-state index contributed by atoms with van der Waals surface area (Å²) in [5.74, 6) is 0.193. The summed E-state index contributed by atoms with van der Waals surface area (Å²) in [6.07, 6.45) is 2.59. The minimum absolute atomic E-state index is 0.211. The SMILES string of the molecule is CN(C)c1ccc(N(CC(=O)NCc2ccco2)S(C)(=O)=O)cc1. The first-order valence-electron chi connectivity index (χ1n) is 7.31. The van der Waals surface area contributed by atoms with Gasteiger partial charge in [-0.2, -0.15) is 0 Å². The number of nitrogens with zero attached hydrogens (tertiary/aromatic N) is 2. The Balaban J connectivity index is 2.09. The number of furan rings is 1.